The van der Waals surface area contributed by atoms with Crippen molar-refractivity contribution in [2.24, 2.45) is 5.92 Å². The average molecular weight is 389 g/mol. The summed E-state index contributed by atoms with van der Waals surface area (Å²) < 4.78 is 6.05. The number of pyridine rings is 2. The zero-order valence-electron chi connectivity index (χ0n) is 17.0. The van der Waals surface area contributed by atoms with Crippen molar-refractivity contribution in [2.45, 2.75) is 38.6 Å². The molecular formula is C24H28N4O. The van der Waals surface area contributed by atoms with Crippen molar-refractivity contribution < 1.29 is 4.74 Å². The number of benzene rings is 1. The quantitative estimate of drug-likeness (QED) is 0.612. The number of aromatic nitrogens is 2. The van der Waals surface area contributed by atoms with Crippen LogP contribution in [0.1, 0.15) is 31.4 Å². The second-order valence-corrected chi connectivity index (χ2v) is 8.35. The molecule has 1 aliphatic heterocycles. The van der Waals surface area contributed by atoms with Gasteiger partial charge in [-0.25, -0.2) is 0 Å². The number of aryl methyl sites for hydroxylation is 1. The minimum atomic E-state index is 0.465. The first-order valence-corrected chi connectivity index (χ1v) is 10.7. The molecule has 150 valence electrons. The lowest BCUT2D eigenvalue weighted by atomic mass is 10.1. The van der Waals surface area contributed by atoms with Crippen LogP contribution in [0.25, 0.3) is 10.9 Å². The molecule has 1 N–H and O–H groups in total. The van der Waals surface area contributed by atoms with Gasteiger partial charge in [0.15, 0.2) is 0 Å². The number of nitrogens with zero attached hydrogens (tertiary/aromatic N) is 3. The third-order valence-electron chi connectivity index (χ3n) is 5.91. The normalized spacial score (nSPS) is 19.1. The largest absolute Gasteiger partial charge is 0.379 e. The maximum absolute atomic E-state index is 6.05. The molecule has 29 heavy (non-hydrogen) atoms. The topological polar surface area (TPSA) is 50.3 Å². The van der Waals surface area contributed by atoms with Gasteiger partial charge in [-0.15, -0.1) is 0 Å². The Morgan fingerprint density at radius 3 is 2.86 bits per heavy atom. The molecule has 0 bridgehead atoms. The molecule has 3 aromatic rings. The van der Waals surface area contributed by atoms with Gasteiger partial charge in [0.1, 0.15) is 0 Å². The fourth-order valence-corrected chi connectivity index (χ4v) is 4.24. The Kier molecular flexibility index (Phi) is 5.06. The highest BCUT2D eigenvalue weighted by Gasteiger charge is 2.28. The maximum atomic E-state index is 6.05. The number of hydrogen-bond acceptors (Lipinski definition) is 5. The molecule has 1 saturated heterocycles. The van der Waals surface area contributed by atoms with E-state index in [1.807, 2.05) is 18.3 Å². The van der Waals surface area contributed by atoms with Crippen LogP contribution in [-0.2, 0) is 4.74 Å². The van der Waals surface area contributed by atoms with Gasteiger partial charge in [0, 0.05) is 41.8 Å². The van der Waals surface area contributed by atoms with E-state index in [2.05, 4.69) is 46.4 Å². The third kappa shape index (κ3) is 4.20. The first-order chi connectivity index (χ1) is 14.3. The Bertz CT molecular complexity index is 987. The van der Waals surface area contributed by atoms with E-state index < -0.39 is 0 Å². The fraction of sp³-hybridized carbons (Fsp3) is 0.417. The first-order valence-electron chi connectivity index (χ1n) is 10.7. The van der Waals surface area contributed by atoms with Crippen LogP contribution in [0.15, 0.2) is 48.8 Å². The summed E-state index contributed by atoms with van der Waals surface area (Å²) in [5.74, 6) is 0.819. The maximum Gasteiger partial charge on any atom is 0.0746 e. The van der Waals surface area contributed by atoms with Crippen LogP contribution in [0.4, 0.5) is 17.1 Å². The van der Waals surface area contributed by atoms with Gasteiger partial charge in [0.05, 0.1) is 30.0 Å². The van der Waals surface area contributed by atoms with Crippen LogP contribution < -0.4 is 10.2 Å². The van der Waals surface area contributed by atoms with Crippen LogP contribution in [-0.4, -0.2) is 35.8 Å². The molecule has 0 amide bonds. The van der Waals surface area contributed by atoms with Gasteiger partial charge in [-0.2, -0.15) is 0 Å². The summed E-state index contributed by atoms with van der Waals surface area (Å²) in [5.41, 5.74) is 5.37. The molecule has 2 aromatic heterocycles. The number of anilines is 3. The van der Waals surface area contributed by atoms with E-state index in [1.165, 1.54) is 36.8 Å². The van der Waals surface area contributed by atoms with Gasteiger partial charge in [0.2, 0.25) is 0 Å². The minimum Gasteiger partial charge on any atom is -0.379 e. The van der Waals surface area contributed by atoms with Crippen molar-refractivity contribution >= 4 is 28.0 Å². The van der Waals surface area contributed by atoms with Crippen LogP contribution in [0.3, 0.4) is 0 Å². The van der Waals surface area contributed by atoms with Gasteiger partial charge >= 0.3 is 0 Å². The van der Waals surface area contributed by atoms with Gasteiger partial charge < -0.3 is 15.0 Å². The van der Waals surface area contributed by atoms with E-state index in [4.69, 9.17) is 9.72 Å². The zero-order chi connectivity index (χ0) is 19.6. The highest BCUT2D eigenvalue weighted by atomic mass is 16.5. The molecule has 2 fully saturated rings. The monoisotopic (exact) mass is 388 g/mol. The number of ether oxygens (including phenoxy) is 1. The average Bonchev–Trinajstić information content (AvgIpc) is 3.43. The molecule has 0 radical (unpaired) electrons. The lowest BCUT2D eigenvalue weighted by molar-refractivity contribution is 0.112. The first kappa shape index (κ1) is 18.4. The van der Waals surface area contributed by atoms with Crippen molar-refractivity contribution in [2.75, 3.05) is 30.0 Å². The van der Waals surface area contributed by atoms with Crippen LogP contribution in [0.5, 0.6) is 0 Å². The molecule has 1 aromatic carbocycles. The van der Waals surface area contributed by atoms with Crippen molar-refractivity contribution in [1.82, 2.24) is 9.97 Å². The second-order valence-electron chi connectivity index (χ2n) is 8.35. The molecule has 5 rings (SSSR count). The van der Waals surface area contributed by atoms with E-state index in [1.54, 1.807) is 6.20 Å². The lowest BCUT2D eigenvalue weighted by Crippen LogP contribution is -2.33. The van der Waals surface area contributed by atoms with Crippen molar-refractivity contribution in [3.8, 4) is 0 Å². The molecule has 1 aliphatic carbocycles. The third-order valence-corrected chi connectivity index (χ3v) is 5.91. The highest BCUT2D eigenvalue weighted by molar-refractivity contribution is 5.94. The number of nitrogens with one attached hydrogen (secondary N) is 1. The molecule has 5 heteroatoms. The summed E-state index contributed by atoms with van der Waals surface area (Å²) in [7, 11) is 0. The van der Waals surface area contributed by atoms with Gasteiger partial charge in [-0.05, 0) is 74.9 Å². The summed E-state index contributed by atoms with van der Waals surface area (Å²) in [6.07, 6.45) is 8.73. The zero-order valence-corrected chi connectivity index (χ0v) is 17.0. The Morgan fingerprint density at radius 1 is 1.10 bits per heavy atom. The summed E-state index contributed by atoms with van der Waals surface area (Å²) >= 11 is 0. The fourth-order valence-electron chi connectivity index (χ4n) is 4.24. The SMILES string of the molecule is Cc1cc(N2CCC[C@H]2COCC2CC2)c2ccc(Nc3cccnc3)cc2n1. The van der Waals surface area contributed by atoms with E-state index in [0.717, 1.165) is 48.3 Å². The Balaban J connectivity index is 1.40. The molecule has 2 aliphatic rings. The Hall–Kier alpha value is -2.66. The second kappa shape index (κ2) is 7.99. The Labute approximate surface area is 172 Å². The van der Waals surface area contributed by atoms with Crippen LogP contribution in [0, 0.1) is 12.8 Å². The number of rotatable bonds is 7. The van der Waals surface area contributed by atoms with Crippen LogP contribution >= 0.6 is 0 Å². The molecule has 1 saturated carbocycles. The van der Waals surface area contributed by atoms with Gasteiger partial charge in [0.25, 0.3) is 0 Å². The van der Waals surface area contributed by atoms with E-state index in [9.17, 15) is 0 Å². The molecular weight excluding hydrogens is 360 g/mol. The van der Waals surface area contributed by atoms with E-state index in [-0.39, 0.29) is 0 Å². The smallest absolute Gasteiger partial charge is 0.0746 e. The van der Waals surface area contributed by atoms with Gasteiger partial charge in [-0.1, -0.05) is 0 Å². The van der Waals surface area contributed by atoms with Crippen LogP contribution in [0.2, 0.25) is 0 Å². The van der Waals surface area contributed by atoms with Crippen molar-refractivity contribution in [1.29, 1.82) is 0 Å². The summed E-state index contributed by atoms with van der Waals surface area (Å²) in [6.45, 7) is 4.94. The minimum absolute atomic E-state index is 0.465. The van der Waals surface area contributed by atoms with E-state index in [0.29, 0.717) is 6.04 Å². The summed E-state index contributed by atoms with van der Waals surface area (Å²) in [4.78, 5) is 11.5. The summed E-state index contributed by atoms with van der Waals surface area (Å²) in [6, 6.07) is 13.1. The number of hydrogen-bond donors (Lipinski definition) is 1. The van der Waals surface area contributed by atoms with Crippen molar-refractivity contribution in [3.05, 3.63) is 54.5 Å². The lowest BCUT2D eigenvalue weighted by Gasteiger charge is -2.28. The highest BCUT2D eigenvalue weighted by Crippen LogP contribution is 2.34. The Morgan fingerprint density at radius 2 is 2.03 bits per heavy atom. The predicted molar refractivity (Wildman–Crippen MR) is 118 cm³/mol. The summed E-state index contributed by atoms with van der Waals surface area (Å²) in [5, 5.41) is 4.63. The van der Waals surface area contributed by atoms with Crippen molar-refractivity contribution in [3.63, 3.8) is 0 Å². The molecule has 5 nitrogen and oxygen atoms in total. The molecule has 3 heterocycles. The van der Waals surface area contributed by atoms with Gasteiger partial charge in [-0.3, -0.25) is 9.97 Å². The molecule has 0 unspecified atom stereocenters. The molecule has 1 atom stereocenters. The molecule has 0 spiro atoms. The number of fused-ring (bicyclic) bond motifs is 1. The standard InChI is InChI=1S/C24H28N4O/c1-17-12-24(28-11-3-5-21(28)16-29-15-18-6-7-18)22-9-8-19(13-23(22)26-17)27-20-4-2-10-25-14-20/h2,4,8-10,12-14,18,21,27H,3,5-7,11,15-16H2,1H3/t21-/m0/s1. The van der Waals surface area contributed by atoms with E-state index >= 15 is 0 Å². The predicted octanol–water partition coefficient (Wildman–Crippen LogP) is 5.08.